The van der Waals surface area contributed by atoms with Crippen LogP contribution in [0.5, 0.6) is 0 Å². The lowest BCUT2D eigenvalue weighted by molar-refractivity contribution is 0.307. The fraction of sp³-hybridized carbons (Fsp3) is 0.625. The maximum absolute atomic E-state index is 6.05. The van der Waals surface area contributed by atoms with Gasteiger partial charge in [-0.2, -0.15) is 0 Å². The highest BCUT2D eigenvalue weighted by atomic mass is 14.6. The first-order valence-corrected chi connectivity index (χ1v) is 7.00. The molecule has 1 aliphatic rings. The molecule has 0 amide bonds. The van der Waals surface area contributed by atoms with Gasteiger partial charge in [-0.3, -0.25) is 0 Å². The van der Waals surface area contributed by atoms with Crippen molar-refractivity contribution in [2.24, 2.45) is 11.7 Å². The molecule has 0 saturated heterocycles. The molecule has 0 spiro atoms. The van der Waals surface area contributed by atoms with E-state index in [1.54, 1.807) is 0 Å². The minimum Gasteiger partial charge on any atom is -0.330 e. The number of hydrogen-bond acceptors (Lipinski definition) is 1. The third-order valence-corrected chi connectivity index (χ3v) is 4.52. The van der Waals surface area contributed by atoms with Crippen molar-refractivity contribution in [3.63, 3.8) is 0 Å². The molecule has 0 bridgehead atoms. The third-order valence-electron chi connectivity index (χ3n) is 4.52. The van der Waals surface area contributed by atoms with E-state index in [9.17, 15) is 0 Å². The van der Waals surface area contributed by atoms with Gasteiger partial charge in [-0.15, -0.1) is 0 Å². The van der Waals surface area contributed by atoms with Crippen LogP contribution in [0, 0.1) is 19.8 Å². The van der Waals surface area contributed by atoms with Crippen molar-refractivity contribution in [2.75, 3.05) is 6.54 Å². The molecule has 1 aromatic carbocycles. The van der Waals surface area contributed by atoms with Crippen LogP contribution in [0.3, 0.4) is 0 Å². The molecule has 0 aliphatic heterocycles. The Morgan fingerprint density at radius 1 is 1.18 bits per heavy atom. The Hall–Kier alpha value is -0.820. The first-order valence-electron chi connectivity index (χ1n) is 7.00. The van der Waals surface area contributed by atoms with Gasteiger partial charge in [-0.05, 0) is 61.8 Å². The van der Waals surface area contributed by atoms with Gasteiger partial charge in [0.25, 0.3) is 0 Å². The van der Waals surface area contributed by atoms with E-state index in [-0.39, 0.29) is 0 Å². The first-order chi connectivity index (χ1) is 8.24. The SMILES string of the molecule is Cc1cccc(C(CN)C2CCCCC2)c1C. The molecule has 2 N–H and O–H groups in total. The minimum atomic E-state index is 0.579. The van der Waals surface area contributed by atoms with Crippen LogP contribution in [-0.4, -0.2) is 6.54 Å². The molecule has 0 heterocycles. The Balaban J connectivity index is 2.24. The van der Waals surface area contributed by atoms with Gasteiger partial charge in [0.1, 0.15) is 0 Å². The second-order valence-corrected chi connectivity index (χ2v) is 5.53. The average molecular weight is 231 g/mol. The summed E-state index contributed by atoms with van der Waals surface area (Å²) in [4.78, 5) is 0. The van der Waals surface area contributed by atoms with E-state index in [1.807, 2.05) is 0 Å². The Morgan fingerprint density at radius 3 is 2.53 bits per heavy atom. The fourth-order valence-corrected chi connectivity index (χ4v) is 3.29. The maximum atomic E-state index is 6.05. The second kappa shape index (κ2) is 5.68. The molecule has 1 fully saturated rings. The molecular formula is C16H25N. The highest BCUT2D eigenvalue weighted by molar-refractivity contribution is 5.36. The van der Waals surface area contributed by atoms with Crippen molar-refractivity contribution < 1.29 is 0 Å². The minimum absolute atomic E-state index is 0.579. The summed E-state index contributed by atoms with van der Waals surface area (Å²) < 4.78 is 0. The van der Waals surface area contributed by atoms with Crippen molar-refractivity contribution in [1.82, 2.24) is 0 Å². The van der Waals surface area contributed by atoms with Gasteiger partial charge in [0.15, 0.2) is 0 Å². The molecule has 1 aliphatic carbocycles. The predicted octanol–water partition coefficient (Wildman–Crippen LogP) is 3.93. The second-order valence-electron chi connectivity index (χ2n) is 5.53. The Labute approximate surface area is 105 Å². The van der Waals surface area contributed by atoms with Gasteiger partial charge in [-0.1, -0.05) is 37.5 Å². The highest BCUT2D eigenvalue weighted by Gasteiger charge is 2.25. The molecule has 1 atom stereocenters. The lowest BCUT2D eigenvalue weighted by atomic mass is 9.75. The van der Waals surface area contributed by atoms with Gasteiger partial charge in [0, 0.05) is 0 Å². The van der Waals surface area contributed by atoms with Gasteiger partial charge < -0.3 is 5.73 Å². The summed E-state index contributed by atoms with van der Waals surface area (Å²) in [6, 6.07) is 6.67. The van der Waals surface area contributed by atoms with Crippen molar-refractivity contribution in [1.29, 1.82) is 0 Å². The quantitative estimate of drug-likeness (QED) is 0.838. The van der Waals surface area contributed by atoms with E-state index in [0.717, 1.165) is 12.5 Å². The molecule has 0 aromatic heterocycles. The zero-order valence-corrected chi connectivity index (χ0v) is 11.2. The van der Waals surface area contributed by atoms with Gasteiger partial charge in [0.05, 0.1) is 0 Å². The number of benzene rings is 1. The molecular weight excluding hydrogens is 206 g/mol. The summed E-state index contributed by atoms with van der Waals surface area (Å²) in [6.07, 6.45) is 6.95. The molecule has 1 aromatic rings. The Bertz CT molecular complexity index is 364. The summed E-state index contributed by atoms with van der Waals surface area (Å²) in [6.45, 7) is 5.25. The van der Waals surface area contributed by atoms with Crippen LogP contribution in [-0.2, 0) is 0 Å². The smallest absolute Gasteiger partial charge is 0.000546 e. The third kappa shape index (κ3) is 2.71. The van der Waals surface area contributed by atoms with Crippen LogP contribution >= 0.6 is 0 Å². The molecule has 94 valence electrons. The Morgan fingerprint density at radius 2 is 1.88 bits per heavy atom. The van der Waals surface area contributed by atoms with Crippen LogP contribution in [0.25, 0.3) is 0 Å². The number of hydrogen-bond donors (Lipinski definition) is 1. The lowest BCUT2D eigenvalue weighted by Crippen LogP contribution is -2.24. The zero-order valence-electron chi connectivity index (χ0n) is 11.2. The van der Waals surface area contributed by atoms with E-state index in [0.29, 0.717) is 5.92 Å². The van der Waals surface area contributed by atoms with Crippen LogP contribution in [0.2, 0.25) is 0 Å². The number of aryl methyl sites for hydroxylation is 1. The van der Waals surface area contributed by atoms with E-state index in [1.165, 1.54) is 48.8 Å². The summed E-state index contributed by atoms with van der Waals surface area (Å²) in [5, 5.41) is 0. The van der Waals surface area contributed by atoms with Crippen LogP contribution in [0.4, 0.5) is 0 Å². The first kappa shape index (κ1) is 12.6. The average Bonchev–Trinajstić information content (AvgIpc) is 2.37. The topological polar surface area (TPSA) is 26.0 Å². The molecule has 1 heteroatoms. The zero-order chi connectivity index (χ0) is 12.3. The van der Waals surface area contributed by atoms with Crippen molar-refractivity contribution >= 4 is 0 Å². The number of rotatable bonds is 3. The van der Waals surface area contributed by atoms with Gasteiger partial charge in [-0.25, -0.2) is 0 Å². The summed E-state index contributed by atoms with van der Waals surface area (Å²) in [7, 11) is 0. The van der Waals surface area contributed by atoms with Crippen LogP contribution in [0.15, 0.2) is 18.2 Å². The monoisotopic (exact) mass is 231 g/mol. The summed E-state index contributed by atoms with van der Waals surface area (Å²) in [5.74, 6) is 1.39. The van der Waals surface area contributed by atoms with Crippen molar-refractivity contribution in [3.05, 3.63) is 34.9 Å². The van der Waals surface area contributed by atoms with Crippen molar-refractivity contribution in [2.45, 2.75) is 51.9 Å². The summed E-state index contributed by atoms with van der Waals surface area (Å²) in [5.41, 5.74) is 10.4. The molecule has 1 nitrogen and oxygen atoms in total. The van der Waals surface area contributed by atoms with Crippen molar-refractivity contribution in [3.8, 4) is 0 Å². The standard InChI is InChI=1S/C16H25N/c1-12-7-6-10-15(13(12)2)16(11-17)14-8-4-3-5-9-14/h6-7,10,14,16H,3-5,8-9,11,17H2,1-2H3. The van der Waals surface area contributed by atoms with Gasteiger partial charge >= 0.3 is 0 Å². The highest BCUT2D eigenvalue weighted by Crippen LogP contribution is 2.37. The van der Waals surface area contributed by atoms with E-state index < -0.39 is 0 Å². The summed E-state index contributed by atoms with van der Waals surface area (Å²) >= 11 is 0. The fourth-order valence-electron chi connectivity index (χ4n) is 3.29. The largest absolute Gasteiger partial charge is 0.330 e. The Kier molecular flexibility index (Phi) is 4.22. The maximum Gasteiger partial charge on any atom is -0.000546 e. The molecule has 2 rings (SSSR count). The predicted molar refractivity (Wildman–Crippen MR) is 74.3 cm³/mol. The van der Waals surface area contributed by atoms with E-state index in [2.05, 4.69) is 32.0 Å². The molecule has 1 unspecified atom stereocenters. The molecule has 17 heavy (non-hydrogen) atoms. The number of nitrogens with two attached hydrogens (primary N) is 1. The van der Waals surface area contributed by atoms with Gasteiger partial charge in [0.2, 0.25) is 0 Å². The molecule has 1 saturated carbocycles. The van der Waals surface area contributed by atoms with E-state index in [4.69, 9.17) is 5.73 Å². The normalized spacial score (nSPS) is 19.2. The van der Waals surface area contributed by atoms with E-state index >= 15 is 0 Å². The molecule has 0 radical (unpaired) electrons. The van der Waals surface area contributed by atoms with Crippen LogP contribution in [0.1, 0.15) is 54.7 Å². The lowest BCUT2D eigenvalue weighted by Gasteiger charge is -2.31. The van der Waals surface area contributed by atoms with Crippen LogP contribution < -0.4 is 5.73 Å².